The van der Waals surface area contributed by atoms with Gasteiger partial charge < -0.3 is 10.4 Å². The van der Waals surface area contributed by atoms with Crippen LogP contribution in [0, 0.1) is 11.6 Å². The zero-order valence-electron chi connectivity index (χ0n) is 13.9. The number of nitrogens with zero attached hydrogens (tertiary/aromatic N) is 2. The van der Waals surface area contributed by atoms with Crippen molar-refractivity contribution in [2.45, 2.75) is 0 Å². The molecular formula is C20H13F2N3OS. The summed E-state index contributed by atoms with van der Waals surface area (Å²) in [5, 5.41) is 22.6. The largest absolute Gasteiger partial charge is 0.507 e. The summed E-state index contributed by atoms with van der Waals surface area (Å²) in [4.78, 5) is 0. The van der Waals surface area contributed by atoms with Crippen molar-refractivity contribution in [3.05, 3.63) is 78.4 Å². The van der Waals surface area contributed by atoms with Crippen LogP contribution in [0.25, 0.3) is 21.7 Å². The van der Waals surface area contributed by atoms with Crippen LogP contribution in [-0.4, -0.2) is 15.3 Å². The van der Waals surface area contributed by atoms with Gasteiger partial charge in [-0.25, -0.2) is 8.78 Å². The second kappa shape index (κ2) is 7.13. The van der Waals surface area contributed by atoms with Gasteiger partial charge in [-0.05, 0) is 42.0 Å². The topological polar surface area (TPSA) is 58.0 Å². The Hall–Kier alpha value is -3.32. The van der Waals surface area contributed by atoms with Gasteiger partial charge >= 0.3 is 0 Å². The predicted octanol–water partition coefficient (Wildman–Crippen LogP) is 5.60. The Morgan fingerprint density at radius 1 is 0.852 bits per heavy atom. The number of nitrogens with one attached hydrogen (secondary N) is 1. The fourth-order valence-corrected chi connectivity index (χ4v) is 3.41. The van der Waals surface area contributed by atoms with Crippen LogP contribution in [0.15, 0.2) is 66.7 Å². The Kier molecular flexibility index (Phi) is 4.52. The lowest BCUT2D eigenvalue weighted by atomic mass is 10.0. The number of benzene rings is 3. The van der Waals surface area contributed by atoms with E-state index in [1.54, 1.807) is 12.1 Å². The Bertz CT molecular complexity index is 1100. The van der Waals surface area contributed by atoms with Crippen LogP contribution in [-0.2, 0) is 0 Å². The molecule has 2 N–H and O–H groups in total. The Labute approximate surface area is 157 Å². The standard InChI is InChI=1S/C20H13F2N3OS/c21-13-7-8-15(17(22)11-13)12-6-9-18(26)16(10-12)19-24-25-20(27-19)23-14-4-2-1-3-5-14/h1-11,26H,(H,23,25). The number of rotatable bonds is 4. The minimum Gasteiger partial charge on any atom is -0.507 e. The molecule has 3 aromatic carbocycles. The molecule has 0 aliphatic carbocycles. The first-order valence-corrected chi connectivity index (χ1v) is 8.86. The van der Waals surface area contributed by atoms with Gasteiger partial charge in [0.05, 0.1) is 5.56 Å². The molecule has 0 amide bonds. The Balaban J connectivity index is 1.68. The third kappa shape index (κ3) is 3.63. The van der Waals surface area contributed by atoms with Crippen LogP contribution in [0.3, 0.4) is 0 Å². The summed E-state index contributed by atoms with van der Waals surface area (Å²) in [6, 6.07) is 17.5. The molecule has 0 aliphatic rings. The number of phenols is 1. The maximum Gasteiger partial charge on any atom is 0.210 e. The molecule has 4 rings (SSSR count). The molecule has 134 valence electrons. The lowest BCUT2D eigenvalue weighted by Crippen LogP contribution is -1.88. The first-order chi connectivity index (χ1) is 13.1. The number of aromatic nitrogens is 2. The number of hydrogen-bond acceptors (Lipinski definition) is 5. The third-order valence-electron chi connectivity index (χ3n) is 3.92. The number of para-hydroxylation sites is 1. The molecule has 27 heavy (non-hydrogen) atoms. The van der Waals surface area contributed by atoms with Gasteiger partial charge in [0, 0.05) is 17.3 Å². The molecule has 0 atom stereocenters. The van der Waals surface area contributed by atoms with Crippen molar-refractivity contribution >= 4 is 22.2 Å². The van der Waals surface area contributed by atoms with Crippen molar-refractivity contribution in [3.8, 4) is 27.4 Å². The molecule has 0 spiro atoms. The highest BCUT2D eigenvalue weighted by atomic mass is 32.1. The van der Waals surface area contributed by atoms with E-state index in [4.69, 9.17) is 0 Å². The molecule has 0 unspecified atom stereocenters. The number of aromatic hydroxyl groups is 1. The summed E-state index contributed by atoms with van der Waals surface area (Å²) in [5.41, 5.74) is 2.04. The molecule has 0 saturated carbocycles. The summed E-state index contributed by atoms with van der Waals surface area (Å²) in [6.45, 7) is 0. The highest BCUT2D eigenvalue weighted by Crippen LogP contribution is 2.37. The van der Waals surface area contributed by atoms with Crippen LogP contribution < -0.4 is 5.32 Å². The predicted molar refractivity (Wildman–Crippen MR) is 102 cm³/mol. The van der Waals surface area contributed by atoms with Gasteiger partial charge in [-0.15, -0.1) is 10.2 Å². The van der Waals surface area contributed by atoms with E-state index in [1.165, 1.54) is 29.5 Å². The van der Waals surface area contributed by atoms with Gasteiger partial charge in [0.2, 0.25) is 5.13 Å². The van der Waals surface area contributed by atoms with E-state index in [9.17, 15) is 13.9 Å². The zero-order valence-corrected chi connectivity index (χ0v) is 14.7. The minimum absolute atomic E-state index is 0.00341. The first kappa shape index (κ1) is 17.1. The highest BCUT2D eigenvalue weighted by molar-refractivity contribution is 7.18. The second-order valence-corrected chi connectivity index (χ2v) is 6.74. The number of halogens is 2. The second-order valence-electron chi connectivity index (χ2n) is 5.76. The fourth-order valence-electron chi connectivity index (χ4n) is 2.63. The zero-order chi connectivity index (χ0) is 18.8. The molecule has 0 radical (unpaired) electrons. The maximum absolute atomic E-state index is 14.1. The number of hydrogen-bond donors (Lipinski definition) is 2. The molecule has 0 aliphatic heterocycles. The van der Waals surface area contributed by atoms with Crippen LogP contribution in [0.1, 0.15) is 0 Å². The Morgan fingerprint density at radius 2 is 1.67 bits per heavy atom. The molecule has 4 aromatic rings. The lowest BCUT2D eigenvalue weighted by Gasteiger charge is -2.07. The monoisotopic (exact) mass is 381 g/mol. The van der Waals surface area contributed by atoms with E-state index in [1.807, 2.05) is 30.3 Å². The summed E-state index contributed by atoms with van der Waals surface area (Å²) < 4.78 is 27.2. The van der Waals surface area contributed by atoms with E-state index in [0.29, 0.717) is 21.3 Å². The Morgan fingerprint density at radius 3 is 2.44 bits per heavy atom. The van der Waals surface area contributed by atoms with Crippen molar-refractivity contribution in [1.82, 2.24) is 10.2 Å². The fraction of sp³-hybridized carbons (Fsp3) is 0. The van der Waals surface area contributed by atoms with Gasteiger partial charge in [-0.1, -0.05) is 35.6 Å². The van der Waals surface area contributed by atoms with Gasteiger partial charge in [0.1, 0.15) is 17.4 Å². The maximum atomic E-state index is 14.1. The minimum atomic E-state index is -0.671. The molecule has 4 nitrogen and oxygen atoms in total. The molecule has 0 saturated heterocycles. The van der Waals surface area contributed by atoms with Gasteiger partial charge in [-0.3, -0.25) is 0 Å². The average Bonchev–Trinajstić information content (AvgIpc) is 3.11. The summed E-state index contributed by atoms with van der Waals surface area (Å²) in [5.74, 6) is -1.31. The van der Waals surface area contributed by atoms with Crippen LogP contribution in [0.2, 0.25) is 0 Å². The van der Waals surface area contributed by atoms with Crippen molar-refractivity contribution in [2.75, 3.05) is 5.32 Å². The third-order valence-corrected chi connectivity index (χ3v) is 4.79. The molecule has 7 heteroatoms. The highest BCUT2D eigenvalue weighted by Gasteiger charge is 2.14. The van der Waals surface area contributed by atoms with E-state index in [0.717, 1.165) is 11.8 Å². The lowest BCUT2D eigenvalue weighted by molar-refractivity contribution is 0.477. The SMILES string of the molecule is Oc1ccc(-c2ccc(F)cc2F)cc1-c1nnc(Nc2ccccc2)s1. The van der Waals surface area contributed by atoms with E-state index in [-0.39, 0.29) is 11.3 Å². The van der Waals surface area contributed by atoms with Crippen LogP contribution in [0.4, 0.5) is 19.6 Å². The van der Waals surface area contributed by atoms with Crippen molar-refractivity contribution in [3.63, 3.8) is 0 Å². The van der Waals surface area contributed by atoms with Gasteiger partial charge in [0.15, 0.2) is 5.01 Å². The average molecular weight is 381 g/mol. The van der Waals surface area contributed by atoms with E-state index < -0.39 is 11.6 Å². The van der Waals surface area contributed by atoms with Crippen LogP contribution in [0.5, 0.6) is 5.75 Å². The quantitative estimate of drug-likeness (QED) is 0.483. The smallest absolute Gasteiger partial charge is 0.210 e. The molecular weight excluding hydrogens is 368 g/mol. The molecule has 0 fully saturated rings. The molecule has 0 bridgehead atoms. The number of phenolic OH excluding ortho intramolecular Hbond substituents is 1. The normalized spacial score (nSPS) is 10.7. The van der Waals surface area contributed by atoms with Crippen molar-refractivity contribution < 1.29 is 13.9 Å². The summed E-state index contributed by atoms with van der Waals surface area (Å²) >= 11 is 1.26. The summed E-state index contributed by atoms with van der Waals surface area (Å²) in [7, 11) is 0. The van der Waals surface area contributed by atoms with Gasteiger partial charge in [-0.2, -0.15) is 0 Å². The molecule has 1 heterocycles. The van der Waals surface area contributed by atoms with Gasteiger partial charge in [0.25, 0.3) is 0 Å². The summed E-state index contributed by atoms with van der Waals surface area (Å²) in [6.07, 6.45) is 0. The van der Waals surface area contributed by atoms with Crippen LogP contribution >= 0.6 is 11.3 Å². The first-order valence-electron chi connectivity index (χ1n) is 8.04. The van der Waals surface area contributed by atoms with Crippen molar-refractivity contribution in [2.24, 2.45) is 0 Å². The van der Waals surface area contributed by atoms with Crippen molar-refractivity contribution in [1.29, 1.82) is 0 Å². The van der Waals surface area contributed by atoms with E-state index >= 15 is 0 Å². The van der Waals surface area contributed by atoms with E-state index in [2.05, 4.69) is 15.5 Å². The number of anilines is 2. The molecule has 1 aromatic heterocycles.